The predicted octanol–water partition coefficient (Wildman–Crippen LogP) is 8.01. The standard InChI is InChI=1S/C51H46N4O7S/c56-29-30-61-36-22-20-35(21-23-36)45-51(37-31-32(19-24-38(37)52-48(51)59)25-28-50(60)26-11-1-2-12-27-50)41(46(57)54-49-53-39-17-9-10-18-40(39)63-49)43-47(58)62-44(34-15-7-4-8-16-34)42(55(43)45)33-13-5-3-6-14-33/h3-10,13-24,31,41-45,56,60H,1-2,11-12,26-27,29-30H2,(H,52,59)(H,53,54,57). The molecule has 1 spiro atoms. The third-order valence-corrected chi connectivity index (χ3v) is 14.0. The van der Waals surface area contributed by atoms with Crippen molar-refractivity contribution in [2.75, 3.05) is 23.8 Å². The van der Waals surface area contributed by atoms with E-state index in [2.05, 4.69) is 22.5 Å². The third kappa shape index (κ3) is 7.25. The number of rotatable bonds is 8. The molecule has 6 unspecified atom stereocenters. The molecule has 6 aromatic rings. The van der Waals surface area contributed by atoms with E-state index in [9.17, 15) is 10.2 Å². The summed E-state index contributed by atoms with van der Waals surface area (Å²) in [7, 11) is 0. The highest BCUT2D eigenvalue weighted by Gasteiger charge is 2.74. The van der Waals surface area contributed by atoms with Gasteiger partial charge >= 0.3 is 5.97 Å². The molecule has 1 saturated carbocycles. The molecule has 6 atom stereocenters. The first-order chi connectivity index (χ1) is 30.8. The van der Waals surface area contributed by atoms with Crippen LogP contribution in [0.5, 0.6) is 5.75 Å². The maximum Gasteiger partial charge on any atom is 0.324 e. The molecule has 0 radical (unpaired) electrons. The molecule has 2 amide bonds. The van der Waals surface area contributed by atoms with E-state index in [1.54, 1.807) is 18.2 Å². The monoisotopic (exact) mass is 858 g/mol. The number of fused-ring (bicyclic) bond motifs is 4. The van der Waals surface area contributed by atoms with E-state index in [0.717, 1.165) is 41.5 Å². The molecule has 4 aliphatic rings. The van der Waals surface area contributed by atoms with Crippen molar-refractivity contribution < 1.29 is 34.1 Å². The van der Waals surface area contributed by atoms with Crippen molar-refractivity contribution in [3.8, 4) is 17.6 Å². The molecule has 5 aromatic carbocycles. The van der Waals surface area contributed by atoms with Gasteiger partial charge in [-0.2, -0.15) is 0 Å². The summed E-state index contributed by atoms with van der Waals surface area (Å²) in [6.45, 7) is -0.0833. The number of benzene rings is 5. The smallest absolute Gasteiger partial charge is 0.324 e. The van der Waals surface area contributed by atoms with Crippen LogP contribution in [0.3, 0.4) is 0 Å². The average molecular weight is 859 g/mol. The number of cyclic esters (lactones) is 1. The third-order valence-electron chi connectivity index (χ3n) is 13.0. The molecule has 1 aromatic heterocycles. The molecule has 63 heavy (non-hydrogen) atoms. The van der Waals surface area contributed by atoms with Crippen molar-refractivity contribution in [1.29, 1.82) is 0 Å². The van der Waals surface area contributed by atoms with Gasteiger partial charge in [-0.25, -0.2) is 4.98 Å². The van der Waals surface area contributed by atoms with Gasteiger partial charge in [-0.05, 0) is 90.4 Å². The molecule has 318 valence electrons. The van der Waals surface area contributed by atoms with Gasteiger partial charge in [0.15, 0.2) is 5.13 Å². The number of nitrogens with zero attached hydrogens (tertiary/aromatic N) is 2. The summed E-state index contributed by atoms with van der Waals surface area (Å²) in [5, 5.41) is 27.7. The fourth-order valence-electron chi connectivity index (χ4n) is 10.3. The molecule has 4 N–H and O–H groups in total. The van der Waals surface area contributed by atoms with Crippen molar-refractivity contribution in [1.82, 2.24) is 9.88 Å². The maximum atomic E-state index is 15.6. The number of para-hydroxylation sites is 1. The van der Waals surface area contributed by atoms with Crippen LogP contribution in [0.4, 0.5) is 10.8 Å². The number of esters is 1. The normalized spacial score (nSPS) is 25.0. The SMILES string of the molecule is O=C1OC(c2ccccc2)C(c2ccccc2)N2C1C(C(=O)Nc1nc3ccccc3s1)C1(C(=O)Nc3ccc(C#CC4(O)CCCCCC4)cc31)C2c1ccc(OCCO)cc1. The van der Waals surface area contributed by atoms with Crippen LogP contribution in [-0.2, 0) is 24.5 Å². The summed E-state index contributed by atoms with van der Waals surface area (Å²) in [6, 6.07) is 36.7. The Hall–Kier alpha value is -6.36. The fraction of sp³-hybridized carbons (Fsp3) is 0.294. The van der Waals surface area contributed by atoms with Crippen LogP contribution in [0.25, 0.3) is 10.2 Å². The number of carbonyl (C=O) groups is 3. The van der Waals surface area contributed by atoms with Gasteiger partial charge in [-0.1, -0.05) is 121 Å². The van der Waals surface area contributed by atoms with Crippen molar-refractivity contribution in [2.45, 2.75) is 73.8 Å². The van der Waals surface area contributed by atoms with E-state index < -0.39 is 58.9 Å². The Labute approximate surface area is 369 Å². The van der Waals surface area contributed by atoms with Crippen molar-refractivity contribution >= 4 is 50.2 Å². The number of hydrogen-bond donors (Lipinski definition) is 4. The number of nitrogens with one attached hydrogen (secondary N) is 2. The summed E-state index contributed by atoms with van der Waals surface area (Å²) in [5.74, 6) is 3.94. The second-order valence-corrected chi connectivity index (χ2v) is 17.8. The Balaban J connectivity index is 1.22. The van der Waals surface area contributed by atoms with E-state index in [1.165, 1.54) is 11.3 Å². The molecule has 2 saturated heterocycles. The number of aliphatic hydroxyl groups is 2. The highest BCUT2D eigenvalue weighted by atomic mass is 32.1. The lowest BCUT2D eigenvalue weighted by molar-refractivity contribution is -0.177. The van der Waals surface area contributed by atoms with Crippen LogP contribution in [0.1, 0.15) is 84.5 Å². The molecule has 12 heteroatoms. The number of aromatic nitrogens is 1. The van der Waals surface area contributed by atoms with Crippen molar-refractivity contribution in [3.05, 3.63) is 155 Å². The lowest BCUT2D eigenvalue weighted by atomic mass is 9.65. The molecule has 10 rings (SSSR count). The number of amides is 2. The maximum absolute atomic E-state index is 15.6. The average Bonchev–Trinajstić information content (AvgIpc) is 3.89. The van der Waals surface area contributed by atoms with Crippen LogP contribution in [0, 0.1) is 17.8 Å². The van der Waals surface area contributed by atoms with Gasteiger partial charge in [0, 0.05) is 11.3 Å². The zero-order valence-electron chi connectivity index (χ0n) is 34.4. The lowest BCUT2D eigenvalue weighted by Crippen LogP contribution is -2.53. The van der Waals surface area contributed by atoms with E-state index in [0.29, 0.717) is 51.6 Å². The first kappa shape index (κ1) is 40.7. The first-order valence-electron chi connectivity index (χ1n) is 21.6. The van der Waals surface area contributed by atoms with E-state index in [-0.39, 0.29) is 13.2 Å². The van der Waals surface area contributed by atoms with Crippen LogP contribution in [0.15, 0.2) is 127 Å². The van der Waals surface area contributed by atoms with Gasteiger partial charge in [-0.3, -0.25) is 19.3 Å². The summed E-state index contributed by atoms with van der Waals surface area (Å²) in [4.78, 5) is 53.1. The van der Waals surface area contributed by atoms with E-state index in [4.69, 9.17) is 14.5 Å². The zero-order valence-corrected chi connectivity index (χ0v) is 35.2. The van der Waals surface area contributed by atoms with Crippen LogP contribution >= 0.6 is 11.3 Å². The minimum Gasteiger partial charge on any atom is -0.491 e. The summed E-state index contributed by atoms with van der Waals surface area (Å²) < 4.78 is 13.2. The quantitative estimate of drug-likeness (QED) is 0.0678. The van der Waals surface area contributed by atoms with Crippen molar-refractivity contribution in [3.63, 3.8) is 0 Å². The number of hydrogen-bond acceptors (Lipinski definition) is 10. The largest absolute Gasteiger partial charge is 0.491 e. The second-order valence-electron chi connectivity index (χ2n) is 16.8. The zero-order chi connectivity index (χ0) is 43.1. The number of anilines is 2. The lowest BCUT2D eigenvalue weighted by Gasteiger charge is -2.46. The number of ether oxygens (including phenoxy) is 2. The second kappa shape index (κ2) is 16.7. The van der Waals surface area contributed by atoms with Gasteiger partial charge in [-0.15, -0.1) is 0 Å². The number of morpholine rings is 1. The van der Waals surface area contributed by atoms with Gasteiger partial charge in [0.25, 0.3) is 0 Å². The Morgan fingerprint density at radius 2 is 1.56 bits per heavy atom. The van der Waals surface area contributed by atoms with Gasteiger partial charge in [0.05, 0.1) is 34.8 Å². The number of aliphatic hydroxyl groups excluding tert-OH is 1. The van der Waals surface area contributed by atoms with E-state index >= 15 is 14.4 Å². The number of thiazole rings is 1. The van der Waals surface area contributed by atoms with Crippen molar-refractivity contribution in [2.24, 2.45) is 5.92 Å². The van der Waals surface area contributed by atoms with Gasteiger partial charge in [0.2, 0.25) is 11.8 Å². The molecule has 0 bridgehead atoms. The highest BCUT2D eigenvalue weighted by molar-refractivity contribution is 7.22. The molecular formula is C51H46N4O7S. The van der Waals surface area contributed by atoms with Crippen LogP contribution in [0.2, 0.25) is 0 Å². The summed E-state index contributed by atoms with van der Waals surface area (Å²) in [5.41, 5.74) is 1.62. The van der Waals surface area contributed by atoms with Gasteiger partial charge in [0.1, 0.15) is 35.5 Å². The molecule has 3 fully saturated rings. The fourth-order valence-corrected chi connectivity index (χ4v) is 11.2. The van der Waals surface area contributed by atoms with Crippen LogP contribution in [-0.4, -0.2) is 62.7 Å². The Kier molecular flexibility index (Phi) is 10.8. The Morgan fingerprint density at radius 3 is 2.27 bits per heavy atom. The number of carbonyl (C=O) groups excluding carboxylic acids is 3. The highest BCUT2D eigenvalue weighted by Crippen LogP contribution is 2.65. The minimum atomic E-state index is -1.75. The topological polar surface area (TPSA) is 150 Å². The summed E-state index contributed by atoms with van der Waals surface area (Å²) >= 11 is 1.31. The van der Waals surface area contributed by atoms with E-state index in [1.807, 2.05) is 114 Å². The first-order valence-corrected chi connectivity index (χ1v) is 22.4. The minimum absolute atomic E-state index is 0.0876. The molecule has 4 heterocycles. The summed E-state index contributed by atoms with van der Waals surface area (Å²) in [6.07, 6.45) is 4.18. The molecule has 1 aliphatic carbocycles. The molecular weight excluding hydrogens is 813 g/mol. The van der Waals surface area contributed by atoms with Gasteiger partial charge < -0.3 is 30.3 Å². The Morgan fingerprint density at radius 1 is 0.857 bits per heavy atom. The predicted molar refractivity (Wildman–Crippen MR) is 240 cm³/mol. The Bertz CT molecular complexity index is 2710. The van der Waals surface area contributed by atoms with Crippen LogP contribution < -0.4 is 15.4 Å². The molecule has 3 aliphatic heterocycles. The molecule has 11 nitrogen and oxygen atoms in total.